The van der Waals surface area contributed by atoms with Gasteiger partial charge in [-0.3, -0.25) is 0 Å². The second-order valence-corrected chi connectivity index (χ2v) is 1.80. The van der Waals surface area contributed by atoms with E-state index in [0.29, 0.717) is 0 Å². The molecular formula is H9BaNO4Si. The van der Waals surface area contributed by atoms with E-state index in [9.17, 15) is 0 Å². The van der Waals surface area contributed by atoms with Crippen molar-refractivity contribution in [2.24, 2.45) is 0 Å². The molecule has 0 rings (SSSR count). The van der Waals surface area contributed by atoms with Crippen molar-refractivity contribution in [2.45, 2.75) is 0 Å². The van der Waals surface area contributed by atoms with Crippen molar-refractivity contribution in [3.05, 3.63) is 0 Å². The van der Waals surface area contributed by atoms with Crippen molar-refractivity contribution >= 4 is 57.9 Å². The molecule has 0 heterocycles. The van der Waals surface area contributed by atoms with Crippen LogP contribution in [0.3, 0.4) is 0 Å². The minimum Gasteiger partial charge on any atom is -1.00 e. The van der Waals surface area contributed by atoms with Gasteiger partial charge in [-0.05, 0) is 0 Å². The van der Waals surface area contributed by atoms with Crippen LogP contribution in [0.2, 0.25) is 0 Å². The molecule has 0 aromatic rings. The van der Waals surface area contributed by atoms with Crippen molar-refractivity contribution < 1.29 is 22.0 Å². The van der Waals surface area contributed by atoms with Crippen molar-refractivity contribution in [1.29, 1.82) is 0 Å². The summed E-state index contributed by atoms with van der Waals surface area (Å²) in [5.41, 5.74) is 0. The molecule has 7 heavy (non-hydrogen) atoms. The van der Waals surface area contributed by atoms with E-state index < -0.39 is 9.05 Å². The maximum absolute atomic E-state index is 7.33. The van der Waals surface area contributed by atoms with Gasteiger partial charge in [0.2, 0.25) is 0 Å². The molecule has 0 fully saturated rings. The number of hydrogen-bond donors (Lipinski definition) is 5. The van der Waals surface area contributed by atoms with Gasteiger partial charge in [-0.2, -0.15) is 0 Å². The third-order valence-corrected chi connectivity index (χ3v) is 0. The van der Waals surface area contributed by atoms with E-state index in [4.69, 9.17) is 19.2 Å². The van der Waals surface area contributed by atoms with Gasteiger partial charge in [-0.15, -0.1) is 0 Å². The molecule has 5 nitrogen and oxygen atoms in total. The molecule has 0 unspecified atom stereocenters. The summed E-state index contributed by atoms with van der Waals surface area (Å²) in [6.07, 6.45) is 0. The van der Waals surface area contributed by atoms with Crippen molar-refractivity contribution in [3.8, 4) is 0 Å². The molecule has 0 aliphatic rings. The van der Waals surface area contributed by atoms with Crippen molar-refractivity contribution in [1.82, 2.24) is 6.15 Å². The van der Waals surface area contributed by atoms with Crippen LogP contribution in [-0.2, 0) is 0 Å². The smallest absolute Gasteiger partial charge is 1.00 e. The molecule has 0 spiro atoms. The minimum atomic E-state index is -4.61. The van der Waals surface area contributed by atoms with Crippen LogP contribution in [0.4, 0.5) is 0 Å². The Morgan fingerprint density at radius 2 is 1.00 bits per heavy atom. The molecule has 0 saturated carbocycles. The molecule has 0 aliphatic heterocycles. The molecule has 0 aromatic carbocycles. The molecule has 0 amide bonds. The molecular weight excluding hydrogens is 243 g/mol. The quantitative estimate of drug-likeness (QED) is 0.303. The van der Waals surface area contributed by atoms with Crippen LogP contribution in [-0.4, -0.2) is 77.1 Å². The first-order chi connectivity index (χ1) is 2.00. The van der Waals surface area contributed by atoms with E-state index in [-0.39, 0.29) is 57.9 Å². The van der Waals surface area contributed by atoms with Gasteiger partial charge < -0.3 is 28.2 Å². The fourth-order valence-electron chi connectivity index (χ4n) is 0. The van der Waals surface area contributed by atoms with Gasteiger partial charge in [0.15, 0.2) is 0 Å². The van der Waals surface area contributed by atoms with Gasteiger partial charge in [0, 0.05) is 0 Å². The van der Waals surface area contributed by atoms with Gasteiger partial charge >= 0.3 is 57.9 Å². The Morgan fingerprint density at radius 1 is 1.00 bits per heavy atom. The third-order valence-electron chi connectivity index (χ3n) is 0. The molecule has 0 aliphatic carbocycles. The van der Waals surface area contributed by atoms with Crippen LogP contribution in [0.25, 0.3) is 0 Å². The van der Waals surface area contributed by atoms with Gasteiger partial charge in [0.05, 0.1) is 0 Å². The number of hydrogen-bond acceptors (Lipinski definition) is 5. The van der Waals surface area contributed by atoms with Gasteiger partial charge in [0.25, 0.3) is 0 Å². The SMILES string of the molecule is N.O[Si](O)(O)O.[Ba+2].[H-].[H-]. The Balaban J connectivity index is -0.0000000133. The average Bonchev–Trinajstić information content (AvgIpc) is 0.722. The van der Waals surface area contributed by atoms with Crippen molar-refractivity contribution in [3.63, 3.8) is 0 Å². The van der Waals surface area contributed by atoms with E-state index >= 15 is 0 Å². The van der Waals surface area contributed by atoms with E-state index in [1.165, 1.54) is 0 Å². The molecule has 0 atom stereocenters. The minimum absolute atomic E-state index is 0. The Kier molecular flexibility index (Phi) is 12.9. The van der Waals surface area contributed by atoms with Crippen LogP contribution in [0.15, 0.2) is 0 Å². The largest absolute Gasteiger partial charge is 2.00 e. The summed E-state index contributed by atoms with van der Waals surface area (Å²) >= 11 is 0. The summed E-state index contributed by atoms with van der Waals surface area (Å²) in [4.78, 5) is 29.3. The molecule has 0 radical (unpaired) electrons. The fraction of sp³-hybridized carbons (Fsp3) is 0. The second-order valence-electron chi connectivity index (χ2n) is 0.600. The van der Waals surface area contributed by atoms with Crippen molar-refractivity contribution in [2.75, 3.05) is 0 Å². The average molecular weight is 252 g/mol. The Morgan fingerprint density at radius 3 is 1.00 bits per heavy atom. The summed E-state index contributed by atoms with van der Waals surface area (Å²) in [6, 6.07) is 0. The van der Waals surface area contributed by atoms with Gasteiger partial charge in [-0.25, -0.2) is 0 Å². The van der Waals surface area contributed by atoms with Crippen LogP contribution >= 0.6 is 0 Å². The Bertz CT molecular complexity index is 34.0. The first kappa shape index (κ1) is 15.8. The molecule has 7 heteroatoms. The maximum atomic E-state index is 7.33. The van der Waals surface area contributed by atoms with E-state index in [2.05, 4.69) is 0 Å². The predicted molar refractivity (Wildman–Crippen MR) is 27.6 cm³/mol. The molecule has 0 saturated heterocycles. The van der Waals surface area contributed by atoms with Crippen LogP contribution < -0.4 is 6.15 Å². The molecule has 7 N–H and O–H groups in total. The molecule has 0 bridgehead atoms. The third kappa shape index (κ3) is 93.9. The van der Waals surface area contributed by atoms with Crippen LogP contribution in [0, 0.1) is 0 Å². The predicted octanol–water partition coefficient (Wildman–Crippen LogP) is -2.60. The first-order valence-electron chi connectivity index (χ1n) is 0.894. The van der Waals surface area contributed by atoms with E-state index in [1.807, 2.05) is 0 Å². The van der Waals surface area contributed by atoms with Crippen LogP contribution in [0.1, 0.15) is 2.85 Å². The van der Waals surface area contributed by atoms with Gasteiger partial charge in [0.1, 0.15) is 0 Å². The maximum Gasteiger partial charge on any atom is 2.00 e. The van der Waals surface area contributed by atoms with E-state index in [0.717, 1.165) is 0 Å². The fourth-order valence-corrected chi connectivity index (χ4v) is 0. The summed E-state index contributed by atoms with van der Waals surface area (Å²) in [7, 11) is -4.61. The first-order valence-corrected chi connectivity index (χ1v) is 2.68. The molecule has 0 aromatic heterocycles. The molecule has 44 valence electrons. The number of rotatable bonds is 0. The Hall–Kier alpha value is 1.59. The van der Waals surface area contributed by atoms with Gasteiger partial charge in [-0.1, -0.05) is 0 Å². The summed E-state index contributed by atoms with van der Waals surface area (Å²) in [5, 5.41) is 0. The van der Waals surface area contributed by atoms with E-state index in [1.54, 1.807) is 0 Å². The standard InChI is InChI=1S/Ba.H3N.H4O4Si.2H/c;;1-5(2,3)4;;/h;1H3;1-4H;;/q+2;;;2*-1. The Labute approximate surface area is 85.1 Å². The second kappa shape index (κ2) is 5.72. The van der Waals surface area contributed by atoms with Crippen LogP contribution in [0.5, 0.6) is 0 Å². The normalized spacial score (nSPS) is 8.57. The zero-order chi connectivity index (χ0) is 4.50. The monoisotopic (exact) mass is 253 g/mol. The zero-order valence-corrected chi connectivity index (χ0v) is 9.14. The summed E-state index contributed by atoms with van der Waals surface area (Å²) in [5.74, 6) is 0. The zero-order valence-electron chi connectivity index (χ0n) is 5.70. The topological polar surface area (TPSA) is 116 Å². The summed E-state index contributed by atoms with van der Waals surface area (Å²) < 4.78 is 0. The summed E-state index contributed by atoms with van der Waals surface area (Å²) in [6.45, 7) is 0.